The van der Waals surface area contributed by atoms with Crippen LogP contribution in [-0.2, 0) is 14.3 Å². The molecule has 1 atom stereocenters. The highest BCUT2D eigenvalue weighted by atomic mass is 35.5. The maximum Gasteiger partial charge on any atom is 0.259 e. The number of ether oxygens (including phenoxy) is 1. The van der Waals surface area contributed by atoms with E-state index < -0.39 is 11.3 Å². The van der Waals surface area contributed by atoms with Crippen LogP contribution in [0.5, 0.6) is 0 Å². The number of allylic oxidation sites excluding steroid dienone is 2. The van der Waals surface area contributed by atoms with Crippen molar-refractivity contribution in [2.45, 2.75) is 12.3 Å². The maximum atomic E-state index is 12.5. The second-order valence-corrected chi connectivity index (χ2v) is 8.37. The zero-order chi connectivity index (χ0) is 25.2. The normalized spacial score (nSPS) is 16.6. The number of amides is 2. The summed E-state index contributed by atoms with van der Waals surface area (Å²) in [5, 5.41) is 8.30. The molecule has 0 bridgehead atoms. The number of nitrogens with one attached hydrogen (secondary N) is 3. The molecule has 1 aliphatic carbocycles. The zero-order valence-corrected chi connectivity index (χ0v) is 20.7. The molecule has 0 saturated carbocycles. The Balaban J connectivity index is 0.000000237. The molecule has 35 heavy (non-hydrogen) atoms. The Morgan fingerprint density at radius 1 is 1.23 bits per heavy atom. The number of methoxy groups -OCH3 is 1. The average Bonchev–Trinajstić information content (AvgIpc) is 3.34. The van der Waals surface area contributed by atoms with Gasteiger partial charge in [0.15, 0.2) is 0 Å². The van der Waals surface area contributed by atoms with Gasteiger partial charge in [0.2, 0.25) is 6.41 Å². The van der Waals surface area contributed by atoms with Crippen LogP contribution >= 0.6 is 23.2 Å². The number of anilines is 1. The third kappa shape index (κ3) is 7.43. The Morgan fingerprint density at radius 3 is 2.60 bits per heavy atom. The van der Waals surface area contributed by atoms with Gasteiger partial charge in [-0.2, -0.15) is 0 Å². The lowest BCUT2D eigenvalue weighted by Crippen LogP contribution is -2.22. The summed E-state index contributed by atoms with van der Waals surface area (Å²) in [6.45, 7) is 3.97. The fourth-order valence-corrected chi connectivity index (χ4v) is 3.49. The van der Waals surface area contributed by atoms with Crippen molar-refractivity contribution in [1.82, 2.24) is 15.6 Å². The van der Waals surface area contributed by atoms with Crippen molar-refractivity contribution in [2.24, 2.45) is 4.99 Å². The number of rotatable bonds is 6. The lowest BCUT2D eigenvalue weighted by molar-refractivity contribution is -0.112. The van der Waals surface area contributed by atoms with Crippen LogP contribution in [-0.4, -0.2) is 48.7 Å². The van der Waals surface area contributed by atoms with Crippen molar-refractivity contribution in [3.8, 4) is 0 Å². The van der Waals surface area contributed by atoms with E-state index in [0.29, 0.717) is 17.3 Å². The summed E-state index contributed by atoms with van der Waals surface area (Å²) in [6, 6.07) is 11.6. The minimum absolute atomic E-state index is 0.185. The molecular formula is C25H25Cl2N5O3. The summed E-state index contributed by atoms with van der Waals surface area (Å²) in [4.78, 5) is 31.7. The van der Waals surface area contributed by atoms with Gasteiger partial charge in [-0.05, 0) is 31.2 Å². The summed E-state index contributed by atoms with van der Waals surface area (Å²) in [5.74, 6) is 1.17. The molecule has 10 heteroatoms. The van der Waals surface area contributed by atoms with E-state index in [1.165, 1.54) is 30.5 Å². The second-order valence-electron chi connectivity index (χ2n) is 7.43. The molecule has 182 valence electrons. The topological polar surface area (TPSA) is 105 Å². The third-order valence-electron chi connectivity index (χ3n) is 4.91. The number of alkyl halides is 1. The van der Waals surface area contributed by atoms with E-state index in [4.69, 9.17) is 27.9 Å². The molecule has 0 saturated heterocycles. The molecular weight excluding hydrogens is 489 g/mol. The van der Waals surface area contributed by atoms with Gasteiger partial charge in [-0.15, -0.1) is 11.6 Å². The molecule has 1 aliphatic heterocycles. The first-order chi connectivity index (χ1) is 16.9. The Labute approximate surface area is 213 Å². The number of benzene rings is 1. The molecule has 2 aromatic rings. The number of aliphatic imine (C=N–C) groups is 1. The minimum Gasteiger partial charge on any atom is -0.495 e. The van der Waals surface area contributed by atoms with Gasteiger partial charge in [-0.3, -0.25) is 14.6 Å². The van der Waals surface area contributed by atoms with E-state index in [2.05, 4.69) is 57.1 Å². The number of halogens is 2. The lowest BCUT2D eigenvalue weighted by Gasteiger charge is -2.13. The Bertz CT molecular complexity index is 1170. The molecule has 0 fully saturated rings. The largest absolute Gasteiger partial charge is 0.495 e. The van der Waals surface area contributed by atoms with Gasteiger partial charge in [0.1, 0.15) is 17.4 Å². The van der Waals surface area contributed by atoms with E-state index >= 15 is 0 Å². The Hall–Kier alpha value is -3.62. The molecule has 8 nitrogen and oxygen atoms in total. The van der Waals surface area contributed by atoms with Gasteiger partial charge in [0.25, 0.3) is 5.91 Å². The summed E-state index contributed by atoms with van der Waals surface area (Å²) in [5.41, 5.74) is 2.88. The van der Waals surface area contributed by atoms with Crippen LogP contribution in [0.25, 0.3) is 0 Å². The van der Waals surface area contributed by atoms with Crippen LogP contribution in [0, 0.1) is 6.92 Å². The highest BCUT2D eigenvalue weighted by Gasteiger charge is 2.21. The monoisotopic (exact) mass is 513 g/mol. The number of carbonyl (C=O) groups excluding carboxylic acids is 2. The number of aryl methyl sites for hydroxylation is 1. The molecule has 1 unspecified atom stereocenters. The molecule has 0 spiro atoms. The molecule has 4 rings (SSSR count). The van der Waals surface area contributed by atoms with E-state index in [0.717, 1.165) is 18.9 Å². The number of pyridine rings is 1. The van der Waals surface area contributed by atoms with Crippen molar-refractivity contribution in [3.05, 3.63) is 94.0 Å². The number of carbonyl (C=O) groups is 2. The van der Waals surface area contributed by atoms with Crippen molar-refractivity contribution in [2.75, 3.05) is 25.5 Å². The quantitative estimate of drug-likeness (QED) is 0.403. The first-order valence-electron chi connectivity index (χ1n) is 10.7. The van der Waals surface area contributed by atoms with Crippen LogP contribution in [0.3, 0.4) is 0 Å². The minimum atomic E-state index is -0.479. The summed E-state index contributed by atoms with van der Waals surface area (Å²) in [7, 11) is 1.42. The van der Waals surface area contributed by atoms with E-state index in [-0.39, 0.29) is 17.0 Å². The average molecular weight is 514 g/mol. The van der Waals surface area contributed by atoms with Gasteiger partial charge in [0, 0.05) is 18.3 Å². The first-order valence-corrected chi connectivity index (χ1v) is 11.5. The van der Waals surface area contributed by atoms with Crippen LogP contribution in [0.15, 0.2) is 82.8 Å². The van der Waals surface area contributed by atoms with Crippen LogP contribution in [0.4, 0.5) is 5.82 Å². The maximum absolute atomic E-state index is 12.5. The second kappa shape index (κ2) is 12.7. The van der Waals surface area contributed by atoms with Crippen LogP contribution in [0.2, 0.25) is 5.02 Å². The Kier molecular flexibility index (Phi) is 9.46. The summed E-state index contributed by atoms with van der Waals surface area (Å²) < 4.78 is 5.20. The smallest absolute Gasteiger partial charge is 0.259 e. The fourth-order valence-electron chi connectivity index (χ4n) is 3.19. The highest BCUT2D eigenvalue weighted by Crippen LogP contribution is 2.22. The van der Waals surface area contributed by atoms with Crippen molar-refractivity contribution in [3.63, 3.8) is 0 Å². The zero-order valence-electron chi connectivity index (χ0n) is 19.2. The van der Waals surface area contributed by atoms with Gasteiger partial charge in [-0.25, -0.2) is 4.98 Å². The number of hydrogen-bond acceptors (Lipinski definition) is 6. The summed E-state index contributed by atoms with van der Waals surface area (Å²) in [6.07, 6.45) is 6.55. The van der Waals surface area contributed by atoms with Crippen LogP contribution in [0.1, 0.15) is 11.1 Å². The number of nitrogens with zero attached hydrogens (tertiary/aromatic N) is 2. The van der Waals surface area contributed by atoms with Crippen LogP contribution < -0.4 is 16.0 Å². The standard InChI is InChI=1S/C15H13Cl2N3O3.C10H12N2/c1-23-12-6-9(16)2-4-11(14(12)19-8-21)15(22)20-13-5-3-10(17)7-18-13;1-8-2-4-9(5-3-8)10-11-6-7-12-10/h2-9H,1H3,(H,19,21)(H,18,20,22);2-5H,6-7H2,1H3,(H,11,12). The third-order valence-corrected chi connectivity index (χ3v) is 5.40. The van der Waals surface area contributed by atoms with E-state index in [1.54, 1.807) is 24.3 Å². The fraction of sp³-hybridized carbons (Fsp3) is 0.200. The van der Waals surface area contributed by atoms with E-state index in [1.807, 2.05) is 0 Å². The first kappa shape index (κ1) is 26.0. The molecule has 2 heterocycles. The van der Waals surface area contributed by atoms with Gasteiger partial charge >= 0.3 is 0 Å². The molecule has 1 aromatic heterocycles. The number of amidine groups is 1. The lowest BCUT2D eigenvalue weighted by atomic mass is 10.1. The molecule has 0 radical (unpaired) electrons. The Morgan fingerprint density at radius 2 is 2.00 bits per heavy atom. The summed E-state index contributed by atoms with van der Waals surface area (Å²) >= 11 is 11.8. The molecule has 3 N–H and O–H groups in total. The van der Waals surface area contributed by atoms with Crippen molar-refractivity contribution in [1.29, 1.82) is 0 Å². The van der Waals surface area contributed by atoms with Crippen molar-refractivity contribution >= 4 is 47.2 Å². The van der Waals surface area contributed by atoms with E-state index in [9.17, 15) is 9.59 Å². The number of aromatic nitrogens is 1. The molecule has 2 amide bonds. The highest BCUT2D eigenvalue weighted by molar-refractivity contribution is 6.30. The molecule has 2 aliphatic rings. The molecule has 1 aromatic carbocycles. The predicted molar refractivity (Wildman–Crippen MR) is 139 cm³/mol. The predicted octanol–water partition coefficient (Wildman–Crippen LogP) is 3.73. The van der Waals surface area contributed by atoms with Gasteiger partial charge in [0.05, 0.1) is 35.3 Å². The van der Waals surface area contributed by atoms with Gasteiger partial charge in [-0.1, -0.05) is 47.5 Å². The van der Waals surface area contributed by atoms with Crippen molar-refractivity contribution < 1.29 is 14.3 Å². The SMILES string of the molecule is COC1=CC(Cl)C=CC(C(=O)Nc2ccc(Cl)cn2)=C1NC=O.Cc1ccc(C2=NCCN2)cc1. The number of hydrogen-bond donors (Lipinski definition) is 3. The van der Waals surface area contributed by atoms with Gasteiger partial charge < -0.3 is 20.7 Å².